The number of rotatable bonds is 13. The number of hydrogen-bond acceptors (Lipinski definition) is 10. The average Bonchev–Trinajstić information content (AvgIpc) is 2.74. The number of carboxylic acids is 1. The molecule has 0 aliphatic carbocycles. The Morgan fingerprint density at radius 2 is 1.88 bits per heavy atom. The van der Waals surface area contributed by atoms with E-state index >= 15 is 0 Å². The summed E-state index contributed by atoms with van der Waals surface area (Å²) in [5.74, 6) is -3.34. The number of carbonyl (C=O) groups is 4. The fraction of sp³-hybridized carbons (Fsp3) is 0.789. The second kappa shape index (κ2) is 13.4. The first-order valence-corrected chi connectivity index (χ1v) is 10.4. The molecule has 190 valence electrons. The van der Waals surface area contributed by atoms with Gasteiger partial charge >= 0.3 is 5.97 Å². The maximum Gasteiger partial charge on any atom is 0.303 e. The van der Waals surface area contributed by atoms with E-state index in [9.17, 15) is 34.5 Å². The summed E-state index contributed by atoms with van der Waals surface area (Å²) in [7, 11) is 0. The molecule has 1 fully saturated rings. The second-order valence-electron chi connectivity index (χ2n) is 7.81. The summed E-state index contributed by atoms with van der Waals surface area (Å²) in [5.41, 5.74) is 5.20. The van der Waals surface area contributed by atoms with E-state index < -0.39 is 79.1 Å². The average molecular weight is 480 g/mol. The minimum absolute atomic E-state index is 0.179. The molecule has 1 aliphatic rings. The molecule has 14 heteroatoms. The molecule has 9 N–H and O–H groups in total. The number of hydrogen-bond donors (Lipinski definition) is 8. The van der Waals surface area contributed by atoms with Crippen molar-refractivity contribution < 1.29 is 50.5 Å². The van der Waals surface area contributed by atoms with Gasteiger partial charge < -0.3 is 51.6 Å². The van der Waals surface area contributed by atoms with Crippen molar-refractivity contribution in [3.05, 3.63) is 0 Å². The summed E-state index contributed by atoms with van der Waals surface area (Å²) in [5, 5.41) is 44.3. The van der Waals surface area contributed by atoms with Crippen molar-refractivity contribution in [2.45, 2.75) is 82.4 Å². The molecular formula is C19H34N4O10. The van der Waals surface area contributed by atoms with Gasteiger partial charge in [-0.1, -0.05) is 0 Å². The Morgan fingerprint density at radius 1 is 1.24 bits per heavy atom. The minimum Gasteiger partial charge on any atom is -0.481 e. The SMILES string of the molecule is [2H]N(CC(C)O[C@H]1[C@H](O)[C@@H](CO)O[C@H](O)[C@@H]1NC(C)=O)[C@@H](C)C(=O)N[C@@H](CCC(=O)O)C(N)=O. The second-order valence-corrected chi connectivity index (χ2v) is 7.81. The molecule has 14 nitrogen and oxygen atoms in total. The first-order chi connectivity index (χ1) is 15.8. The standard InChI is InChI=1S/C19H34N4O10/c1-8(6-21-9(2)18(30)23-11(17(20)29)4-5-13(26)27)32-16-14(22-10(3)25)19(31)33-12(7-24)15(16)28/h8-9,11-12,14-16,19,21,24,28,31H,4-7H2,1-3H3,(H2,20,29)(H,22,25)(H,23,30)(H,26,27)/t8?,9-,11-,12+,14+,15+,16+,19-/m0/s1/i/hD. The fourth-order valence-corrected chi connectivity index (χ4v) is 3.18. The van der Waals surface area contributed by atoms with Crippen LogP contribution in [0.1, 0.15) is 33.6 Å². The molecule has 1 aliphatic heterocycles. The maximum absolute atomic E-state index is 12.4. The molecule has 0 bridgehead atoms. The van der Waals surface area contributed by atoms with Crippen molar-refractivity contribution in [2.24, 2.45) is 5.73 Å². The fourth-order valence-electron chi connectivity index (χ4n) is 3.18. The zero-order chi connectivity index (χ0) is 26.2. The first kappa shape index (κ1) is 26.9. The Labute approximate surface area is 192 Å². The molecule has 1 saturated heterocycles. The van der Waals surface area contributed by atoms with Crippen molar-refractivity contribution in [3.8, 4) is 0 Å². The zero-order valence-electron chi connectivity index (χ0n) is 19.7. The number of carboxylic acid groups (broad SMARTS) is 1. The third-order valence-electron chi connectivity index (χ3n) is 4.95. The number of ether oxygens (including phenoxy) is 2. The number of nitrogens with one attached hydrogen (secondary N) is 3. The molecule has 0 aromatic rings. The summed E-state index contributed by atoms with van der Waals surface area (Å²) in [6.45, 7) is 3.29. The van der Waals surface area contributed by atoms with Gasteiger partial charge in [-0.25, -0.2) is 0 Å². The smallest absolute Gasteiger partial charge is 0.303 e. The van der Waals surface area contributed by atoms with Gasteiger partial charge in [-0.05, 0) is 20.3 Å². The van der Waals surface area contributed by atoms with E-state index in [1.807, 2.05) is 0 Å². The summed E-state index contributed by atoms with van der Waals surface area (Å²) < 4.78 is 19.0. The van der Waals surface area contributed by atoms with Crippen molar-refractivity contribution in [3.63, 3.8) is 0 Å². The van der Waals surface area contributed by atoms with Gasteiger partial charge in [0.1, 0.15) is 31.8 Å². The summed E-state index contributed by atoms with van der Waals surface area (Å²) in [6.07, 6.45) is -6.78. The Kier molecular flexibility index (Phi) is 10.9. The molecule has 0 saturated carbocycles. The molecule has 0 aromatic carbocycles. The number of amides is 3. The van der Waals surface area contributed by atoms with Crippen LogP contribution in [0.5, 0.6) is 0 Å². The lowest BCUT2D eigenvalue weighted by Crippen LogP contribution is -2.65. The quantitative estimate of drug-likeness (QED) is 0.127. The number of aliphatic carboxylic acids is 1. The molecule has 33 heavy (non-hydrogen) atoms. The lowest BCUT2D eigenvalue weighted by molar-refractivity contribution is -0.267. The van der Waals surface area contributed by atoms with Crippen molar-refractivity contribution in [2.75, 3.05) is 13.2 Å². The minimum atomic E-state index is -1.57. The Bertz CT molecular complexity index is 729. The highest BCUT2D eigenvalue weighted by Gasteiger charge is 2.46. The third-order valence-corrected chi connectivity index (χ3v) is 4.95. The van der Waals surface area contributed by atoms with Gasteiger partial charge in [-0.15, -0.1) is 0 Å². The first-order valence-electron chi connectivity index (χ1n) is 10.8. The van der Waals surface area contributed by atoms with Crippen molar-refractivity contribution >= 4 is 23.7 Å². The van der Waals surface area contributed by atoms with Crippen molar-refractivity contribution in [1.29, 1.82) is 0 Å². The van der Waals surface area contributed by atoms with E-state index in [-0.39, 0.29) is 19.4 Å². The van der Waals surface area contributed by atoms with E-state index in [1.165, 1.54) is 20.8 Å². The third kappa shape index (κ3) is 9.19. The Hall–Kier alpha value is -2.36. The molecule has 0 spiro atoms. The van der Waals surface area contributed by atoms with E-state index in [1.54, 1.807) is 0 Å². The van der Waals surface area contributed by atoms with Crippen LogP contribution in [-0.4, -0.2) is 106 Å². The Morgan fingerprint density at radius 3 is 2.39 bits per heavy atom. The van der Waals surface area contributed by atoms with Crippen LogP contribution in [0.4, 0.5) is 0 Å². The van der Waals surface area contributed by atoms with E-state index in [4.69, 9.17) is 21.7 Å². The molecule has 1 unspecified atom stereocenters. The van der Waals surface area contributed by atoms with Crippen LogP contribution in [0.25, 0.3) is 0 Å². The van der Waals surface area contributed by atoms with Gasteiger partial charge in [0, 0.05) is 19.9 Å². The molecule has 1 rings (SSSR count). The topological polar surface area (TPSA) is 230 Å². The number of aliphatic hydroxyl groups excluding tert-OH is 3. The monoisotopic (exact) mass is 479 g/mol. The van der Waals surface area contributed by atoms with Gasteiger partial charge in [0.15, 0.2) is 6.29 Å². The number of primary amides is 1. The number of carbonyl (C=O) groups excluding carboxylic acids is 3. The van der Waals surface area contributed by atoms with Crippen LogP contribution in [0.2, 0.25) is 1.41 Å². The lowest BCUT2D eigenvalue weighted by Gasteiger charge is -2.43. The summed E-state index contributed by atoms with van der Waals surface area (Å²) in [4.78, 5) is 46.1. The van der Waals surface area contributed by atoms with Gasteiger partial charge in [0.2, 0.25) is 17.7 Å². The summed E-state index contributed by atoms with van der Waals surface area (Å²) in [6, 6.07) is -3.48. The van der Waals surface area contributed by atoms with Crippen LogP contribution >= 0.6 is 0 Å². The Balaban J connectivity index is 2.79. The molecule has 1 heterocycles. The molecular weight excluding hydrogens is 444 g/mol. The molecule has 0 aromatic heterocycles. The number of aliphatic hydroxyl groups is 3. The van der Waals surface area contributed by atoms with Gasteiger partial charge in [-0.2, -0.15) is 0 Å². The number of nitrogens with two attached hydrogens (primary N) is 1. The molecule has 0 radical (unpaired) electrons. The highest BCUT2D eigenvalue weighted by Crippen LogP contribution is 2.23. The maximum atomic E-state index is 12.4. The molecule has 3 amide bonds. The highest BCUT2D eigenvalue weighted by atomic mass is 16.6. The van der Waals surface area contributed by atoms with Crippen LogP contribution in [0, 0.1) is 0 Å². The van der Waals surface area contributed by atoms with Crippen LogP contribution in [-0.2, 0) is 28.7 Å². The van der Waals surface area contributed by atoms with E-state index in [0.29, 0.717) is 0 Å². The predicted molar refractivity (Wildman–Crippen MR) is 111 cm³/mol. The molecule has 8 atom stereocenters. The lowest BCUT2D eigenvalue weighted by atomic mass is 9.96. The van der Waals surface area contributed by atoms with Crippen LogP contribution in [0.3, 0.4) is 0 Å². The van der Waals surface area contributed by atoms with Gasteiger partial charge in [-0.3, -0.25) is 19.2 Å². The summed E-state index contributed by atoms with van der Waals surface area (Å²) >= 11 is 0. The van der Waals surface area contributed by atoms with Crippen LogP contribution < -0.4 is 21.7 Å². The predicted octanol–water partition coefficient (Wildman–Crippen LogP) is -3.85. The normalized spacial score (nSPS) is 28.3. The van der Waals surface area contributed by atoms with Gasteiger partial charge in [0.25, 0.3) is 0 Å². The van der Waals surface area contributed by atoms with Gasteiger partial charge in [0.05, 0.1) is 18.8 Å². The van der Waals surface area contributed by atoms with E-state index in [2.05, 4.69) is 10.6 Å². The van der Waals surface area contributed by atoms with Crippen molar-refractivity contribution in [1.82, 2.24) is 15.9 Å². The van der Waals surface area contributed by atoms with E-state index in [0.717, 1.165) is 5.31 Å². The van der Waals surface area contributed by atoms with Crippen LogP contribution in [0.15, 0.2) is 0 Å². The largest absolute Gasteiger partial charge is 0.481 e. The zero-order valence-corrected chi connectivity index (χ0v) is 18.7. The highest BCUT2D eigenvalue weighted by molar-refractivity contribution is 5.89.